The monoisotopic (exact) mass is 201 g/mol. The van der Waals surface area contributed by atoms with Gasteiger partial charge in [-0.2, -0.15) is 0 Å². The van der Waals surface area contributed by atoms with Crippen molar-refractivity contribution in [2.75, 3.05) is 0 Å². The van der Waals surface area contributed by atoms with Gasteiger partial charge in [0, 0.05) is 18.0 Å². The summed E-state index contributed by atoms with van der Waals surface area (Å²) in [5, 5.41) is 0. The number of pyridine rings is 1. The van der Waals surface area contributed by atoms with E-state index in [4.69, 9.17) is 0 Å². The van der Waals surface area contributed by atoms with Crippen LogP contribution in [0.3, 0.4) is 0 Å². The van der Waals surface area contributed by atoms with Gasteiger partial charge in [0.1, 0.15) is 5.82 Å². The van der Waals surface area contributed by atoms with Gasteiger partial charge in [-0.15, -0.1) is 0 Å². The van der Waals surface area contributed by atoms with Crippen LogP contribution in [-0.4, -0.2) is 11.3 Å². The first-order valence-corrected chi connectivity index (χ1v) is 4.47. The molecule has 0 fully saturated rings. The fourth-order valence-corrected chi connectivity index (χ4v) is 1.40. The normalized spacial score (nSPS) is 9.93. The van der Waals surface area contributed by atoms with Crippen molar-refractivity contribution in [3.63, 3.8) is 0 Å². The highest BCUT2D eigenvalue weighted by Crippen LogP contribution is 2.23. The van der Waals surface area contributed by atoms with E-state index in [-0.39, 0.29) is 5.56 Å². The van der Waals surface area contributed by atoms with Crippen LogP contribution in [0.2, 0.25) is 0 Å². The predicted molar refractivity (Wildman–Crippen MR) is 55.0 cm³/mol. The quantitative estimate of drug-likeness (QED) is 0.699. The van der Waals surface area contributed by atoms with Gasteiger partial charge in [-0.05, 0) is 23.8 Å². The van der Waals surface area contributed by atoms with Crippen LogP contribution in [-0.2, 0) is 0 Å². The zero-order chi connectivity index (χ0) is 10.7. The van der Waals surface area contributed by atoms with Crippen LogP contribution in [0, 0.1) is 5.82 Å². The van der Waals surface area contributed by atoms with E-state index in [1.54, 1.807) is 36.7 Å². The van der Waals surface area contributed by atoms with Crippen molar-refractivity contribution in [2.24, 2.45) is 0 Å². The smallest absolute Gasteiger partial charge is 0.153 e. The summed E-state index contributed by atoms with van der Waals surface area (Å²) in [5.74, 6) is -0.487. The van der Waals surface area contributed by atoms with E-state index < -0.39 is 5.82 Å². The minimum Gasteiger partial charge on any atom is -0.298 e. The third-order valence-electron chi connectivity index (χ3n) is 2.15. The topological polar surface area (TPSA) is 30.0 Å². The molecular formula is C12H8FNO. The molecule has 1 aromatic heterocycles. The molecule has 2 nitrogen and oxygen atoms in total. The van der Waals surface area contributed by atoms with Crippen molar-refractivity contribution in [3.8, 4) is 11.1 Å². The second kappa shape index (κ2) is 4.00. The molecule has 3 heteroatoms. The Morgan fingerprint density at radius 1 is 1.13 bits per heavy atom. The van der Waals surface area contributed by atoms with Crippen molar-refractivity contribution >= 4 is 6.29 Å². The summed E-state index contributed by atoms with van der Waals surface area (Å²) in [5.41, 5.74) is 1.21. The molecule has 2 aromatic rings. The first-order chi connectivity index (χ1) is 7.33. The largest absolute Gasteiger partial charge is 0.298 e. The van der Waals surface area contributed by atoms with Gasteiger partial charge in [0.05, 0.1) is 5.56 Å². The number of carbonyl (C=O) groups excluding carboxylic acids is 1. The van der Waals surface area contributed by atoms with Crippen molar-refractivity contribution in [2.45, 2.75) is 0 Å². The van der Waals surface area contributed by atoms with Gasteiger partial charge >= 0.3 is 0 Å². The Hall–Kier alpha value is -2.03. The van der Waals surface area contributed by atoms with E-state index in [9.17, 15) is 9.18 Å². The fraction of sp³-hybridized carbons (Fsp3) is 0. The predicted octanol–water partition coefficient (Wildman–Crippen LogP) is 2.70. The van der Waals surface area contributed by atoms with Gasteiger partial charge < -0.3 is 0 Å². The van der Waals surface area contributed by atoms with Gasteiger partial charge in [-0.25, -0.2) is 4.39 Å². The lowest BCUT2D eigenvalue weighted by molar-refractivity contribution is 0.112. The number of halogens is 1. The SMILES string of the molecule is O=Cc1cccc(-c2ccncc2)c1F. The highest BCUT2D eigenvalue weighted by Gasteiger charge is 2.08. The van der Waals surface area contributed by atoms with E-state index >= 15 is 0 Å². The van der Waals surface area contributed by atoms with E-state index in [1.807, 2.05) is 0 Å². The number of benzene rings is 1. The molecule has 0 saturated heterocycles. The number of aromatic nitrogens is 1. The minimum absolute atomic E-state index is 0.0734. The number of aldehydes is 1. The maximum absolute atomic E-state index is 13.7. The van der Waals surface area contributed by atoms with Gasteiger partial charge in [0.2, 0.25) is 0 Å². The fourth-order valence-electron chi connectivity index (χ4n) is 1.40. The minimum atomic E-state index is -0.487. The van der Waals surface area contributed by atoms with Crippen LogP contribution in [0.25, 0.3) is 11.1 Å². The Morgan fingerprint density at radius 3 is 2.53 bits per heavy atom. The maximum Gasteiger partial charge on any atom is 0.153 e. The molecule has 74 valence electrons. The number of hydrogen-bond acceptors (Lipinski definition) is 2. The Balaban J connectivity index is 2.59. The number of carbonyl (C=O) groups is 1. The second-order valence-corrected chi connectivity index (χ2v) is 3.06. The van der Waals surface area contributed by atoms with Gasteiger partial charge in [-0.3, -0.25) is 9.78 Å². The summed E-state index contributed by atoms with van der Waals surface area (Å²) in [7, 11) is 0. The molecule has 0 amide bonds. The highest BCUT2D eigenvalue weighted by atomic mass is 19.1. The Labute approximate surface area is 86.4 Å². The summed E-state index contributed by atoms with van der Waals surface area (Å²) >= 11 is 0. The molecule has 0 atom stereocenters. The Bertz CT molecular complexity index is 482. The summed E-state index contributed by atoms with van der Waals surface area (Å²) < 4.78 is 13.7. The third-order valence-corrected chi connectivity index (χ3v) is 2.15. The van der Waals surface area contributed by atoms with Gasteiger partial charge in [-0.1, -0.05) is 12.1 Å². The zero-order valence-corrected chi connectivity index (χ0v) is 7.85. The lowest BCUT2D eigenvalue weighted by Crippen LogP contribution is -1.91. The first-order valence-electron chi connectivity index (χ1n) is 4.47. The molecule has 1 heterocycles. The molecule has 0 aliphatic carbocycles. The van der Waals surface area contributed by atoms with Crippen LogP contribution in [0.4, 0.5) is 4.39 Å². The van der Waals surface area contributed by atoms with Crippen molar-refractivity contribution in [1.29, 1.82) is 0 Å². The number of rotatable bonds is 2. The molecule has 15 heavy (non-hydrogen) atoms. The van der Waals surface area contributed by atoms with Gasteiger partial charge in [0.25, 0.3) is 0 Å². The van der Waals surface area contributed by atoms with E-state index in [0.29, 0.717) is 17.4 Å². The molecule has 0 radical (unpaired) electrons. The first kappa shape index (κ1) is 9.52. The third kappa shape index (κ3) is 1.76. The summed E-state index contributed by atoms with van der Waals surface area (Å²) in [6.45, 7) is 0. The van der Waals surface area contributed by atoms with Crippen LogP contribution in [0.1, 0.15) is 10.4 Å². The lowest BCUT2D eigenvalue weighted by Gasteiger charge is -2.03. The van der Waals surface area contributed by atoms with E-state index in [1.165, 1.54) is 6.07 Å². The molecule has 0 saturated carbocycles. The molecule has 0 unspecified atom stereocenters. The number of hydrogen-bond donors (Lipinski definition) is 0. The summed E-state index contributed by atoms with van der Waals surface area (Å²) in [4.78, 5) is 14.4. The van der Waals surface area contributed by atoms with Crippen LogP contribution in [0.15, 0.2) is 42.7 Å². The van der Waals surface area contributed by atoms with Crippen molar-refractivity contribution < 1.29 is 9.18 Å². The average molecular weight is 201 g/mol. The van der Waals surface area contributed by atoms with E-state index in [0.717, 1.165) is 0 Å². The van der Waals surface area contributed by atoms with Crippen LogP contribution in [0.5, 0.6) is 0 Å². The molecule has 0 bridgehead atoms. The Kier molecular flexibility index (Phi) is 2.54. The average Bonchev–Trinajstić information content (AvgIpc) is 2.30. The van der Waals surface area contributed by atoms with Crippen molar-refractivity contribution in [1.82, 2.24) is 4.98 Å². The molecule has 1 aromatic carbocycles. The zero-order valence-electron chi connectivity index (χ0n) is 7.85. The molecule has 2 rings (SSSR count). The highest BCUT2D eigenvalue weighted by molar-refractivity contribution is 5.79. The van der Waals surface area contributed by atoms with Crippen molar-refractivity contribution in [3.05, 3.63) is 54.1 Å². The summed E-state index contributed by atoms with van der Waals surface area (Å²) in [6.07, 6.45) is 3.69. The molecule has 0 aliphatic rings. The second-order valence-electron chi connectivity index (χ2n) is 3.06. The molecule has 0 aliphatic heterocycles. The molecular weight excluding hydrogens is 193 g/mol. The van der Waals surface area contributed by atoms with Crippen LogP contribution >= 0.6 is 0 Å². The molecule has 0 N–H and O–H groups in total. The number of nitrogens with zero attached hydrogens (tertiary/aromatic N) is 1. The van der Waals surface area contributed by atoms with E-state index in [2.05, 4.69) is 4.98 Å². The molecule has 0 spiro atoms. The standard InChI is InChI=1S/C12H8FNO/c13-12-10(8-15)2-1-3-11(12)9-4-6-14-7-5-9/h1-8H. The maximum atomic E-state index is 13.7. The lowest BCUT2D eigenvalue weighted by atomic mass is 10.0. The van der Waals surface area contributed by atoms with Gasteiger partial charge in [0.15, 0.2) is 6.29 Å². The van der Waals surface area contributed by atoms with Crippen LogP contribution < -0.4 is 0 Å². The Morgan fingerprint density at radius 2 is 1.87 bits per heavy atom. The summed E-state index contributed by atoms with van der Waals surface area (Å²) in [6, 6.07) is 8.15.